The summed E-state index contributed by atoms with van der Waals surface area (Å²) in [7, 11) is 4.13. The van der Waals surface area contributed by atoms with E-state index >= 15 is 0 Å². The maximum absolute atomic E-state index is 5.71. The monoisotopic (exact) mass is 246 g/mol. The molecule has 0 radical (unpaired) electrons. The number of halogens is 1. The summed E-state index contributed by atoms with van der Waals surface area (Å²) in [5.41, 5.74) is 7.11. The first-order valence-electron chi connectivity index (χ1n) is 5.28. The van der Waals surface area contributed by atoms with E-state index in [1.807, 2.05) is 24.1 Å². The molecular weight excluding hydrogens is 224 g/mol. The van der Waals surface area contributed by atoms with Gasteiger partial charge in [0, 0.05) is 26.3 Å². The summed E-state index contributed by atoms with van der Waals surface area (Å²) in [5.74, 6) is 0. The zero-order valence-electron chi connectivity index (χ0n) is 10.6. The van der Waals surface area contributed by atoms with Crippen LogP contribution in [0.25, 0.3) is 0 Å². The van der Waals surface area contributed by atoms with Gasteiger partial charge in [0.2, 0.25) is 0 Å². The Labute approximate surface area is 104 Å². The molecule has 0 aromatic carbocycles. The highest BCUT2D eigenvalue weighted by Crippen LogP contribution is 2.15. The number of nitrogens with zero attached hydrogens (tertiary/aromatic N) is 3. The van der Waals surface area contributed by atoms with Crippen LogP contribution in [0.3, 0.4) is 0 Å². The molecule has 0 saturated carbocycles. The smallest absolute Gasteiger partial charge is 0.0945 e. The predicted octanol–water partition coefficient (Wildman–Crippen LogP) is 1.26. The minimum atomic E-state index is 0. The van der Waals surface area contributed by atoms with Crippen molar-refractivity contribution in [2.24, 2.45) is 18.2 Å². The Bertz CT molecular complexity index is 309. The van der Waals surface area contributed by atoms with Gasteiger partial charge in [-0.15, -0.1) is 12.4 Å². The summed E-state index contributed by atoms with van der Waals surface area (Å²) < 4.78 is 2.05. The van der Waals surface area contributed by atoms with Crippen LogP contribution in [0.2, 0.25) is 0 Å². The number of aryl methyl sites for hydroxylation is 1. The number of rotatable bonds is 5. The molecule has 4 nitrogen and oxygen atoms in total. The van der Waals surface area contributed by atoms with E-state index in [4.69, 9.17) is 5.73 Å². The van der Waals surface area contributed by atoms with Crippen LogP contribution in [0.5, 0.6) is 0 Å². The molecule has 1 aromatic heterocycles. The molecule has 0 aliphatic heterocycles. The average molecular weight is 247 g/mol. The van der Waals surface area contributed by atoms with Gasteiger partial charge in [0.25, 0.3) is 0 Å². The van der Waals surface area contributed by atoms with Gasteiger partial charge in [0.1, 0.15) is 0 Å². The van der Waals surface area contributed by atoms with Crippen LogP contribution in [0.4, 0.5) is 0 Å². The molecule has 0 atom stereocenters. The van der Waals surface area contributed by atoms with Crippen LogP contribution in [-0.4, -0.2) is 34.6 Å². The third kappa shape index (κ3) is 4.51. The number of aromatic nitrogens is 2. The molecule has 2 N–H and O–H groups in total. The molecule has 1 rings (SSSR count). The second-order valence-electron chi connectivity index (χ2n) is 5.04. The van der Waals surface area contributed by atoms with Crippen molar-refractivity contribution in [1.29, 1.82) is 0 Å². The Kier molecular flexibility index (Phi) is 6.00. The molecule has 5 heteroatoms. The summed E-state index contributed by atoms with van der Waals surface area (Å²) in [6.07, 6.45) is 3.74. The van der Waals surface area contributed by atoms with Gasteiger partial charge in [-0.2, -0.15) is 0 Å². The lowest BCUT2D eigenvalue weighted by Gasteiger charge is -2.28. The highest BCUT2D eigenvalue weighted by Gasteiger charge is 2.18. The standard InChI is InChI=1S/C11H22N4.ClH/c1-11(2,7-12)8-14(3)6-10-5-13-9-15(10)4;/h5,9H,6-8,12H2,1-4H3;1H. The molecule has 0 aliphatic carbocycles. The highest BCUT2D eigenvalue weighted by molar-refractivity contribution is 5.85. The fraction of sp³-hybridized carbons (Fsp3) is 0.727. The van der Waals surface area contributed by atoms with Gasteiger partial charge in [-0.3, -0.25) is 4.90 Å². The molecule has 0 spiro atoms. The van der Waals surface area contributed by atoms with Gasteiger partial charge in [-0.25, -0.2) is 4.98 Å². The molecular formula is C11H23ClN4. The van der Waals surface area contributed by atoms with E-state index in [9.17, 15) is 0 Å². The fourth-order valence-corrected chi connectivity index (χ4v) is 1.66. The quantitative estimate of drug-likeness (QED) is 0.851. The van der Waals surface area contributed by atoms with E-state index in [-0.39, 0.29) is 17.8 Å². The zero-order valence-corrected chi connectivity index (χ0v) is 11.4. The maximum Gasteiger partial charge on any atom is 0.0945 e. The molecule has 1 aromatic rings. The number of hydrogen-bond acceptors (Lipinski definition) is 3. The molecule has 1 heterocycles. The first-order valence-corrected chi connectivity index (χ1v) is 5.28. The molecule has 0 aliphatic rings. The largest absolute Gasteiger partial charge is 0.337 e. The summed E-state index contributed by atoms with van der Waals surface area (Å²) in [4.78, 5) is 6.38. The third-order valence-corrected chi connectivity index (χ3v) is 2.60. The molecule has 0 fully saturated rings. The number of nitrogens with two attached hydrogens (primary N) is 1. The van der Waals surface area contributed by atoms with E-state index in [1.165, 1.54) is 5.69 Å². The molecule has 0 unspecified atom stereocenters. The molecule has 0 bridgehead atoms. The van der Waals surface area contributed by atoms with Gasteiger partial charge < -0.3 is 10.3 Å². The Morgan fingerprint density at radius 2 is 2.12 bits per heavy atom. The maximum atomic E-state index is 5.71. The van der Waals surface area contributed by atoms with Crippen molar-refractivity contribution in [2.75, 3.05) is 20.1 Å². The van der Waals surface area contributed by atoms with Crippen LogP contribution < -0.4 is 5.73 Å². The van der Waals surface area contributed by atoms with Gasteiger partial charge >= 0.3 is 0 Å². The summed E-state index contributed by atoms with van der Waals surface area (Å²) in [5, 5.41) is 0. The minimum absolute atomic E-state index is 0. The van der Waals surface area contributed by atoms with E-state index in [1.54, 1.807) is 0 Å². The molecule has 0 saturated heterocycles. The van der Waals surface area contributed by atoms with Gasteiger partial charge in [0.15, 0.2) is 0 Å². The van der Waals surface area contributed by atoms with Crippen molar-refractivity contribution >= 4 is 12.4 Å². The Morgan fingerprint density at radius 3 is 2.56 bits per heavy atom. The summed E-state index contributed by atoms with van der Waals surface area (Å²) >= 11 is 0. The number of hydrogen-bond donors (Lipinski definition) is 1. The van der Waals surface area contributed by atoms with Crippen molar-refractivity contribution < 1.29 is 0 Å². The predicted molar refractivity (Wildman–Crippen MR) is 69.6 cm³/mol. The van der Waals surface area contributed by atoms with Crippen molar-refractivity contribution in [1.82, 2.24) is 14.5 Å². The lowest BCUT2D eigenvalue weighted by atomic mass is 9.93. The van der Waals surface area contributed by atoms with Crippen LogP contribution in [-0.2, 0) is 13.6 Å². The first kappa shape index (κ1) is 15.4. The second kappa shape index (κ2) is 6.23. The molecule has 0 amide bonds. The normalized spacial score (nSPS) is 11.6. The van der Waals surface area contributed by atoms with Crippen molar-refractivity contribution in [2.45, 2.75) is 20.4 Å². The summed E-state index contributed by atoms with van der Waals surface area (Å²) in [6, 6.07) is 0. The van der Waals surface area contributed by atoms with Crippen molar-refractivity contribution in [3.63, 3.8) is 0 Å². The molecule has 94 valence electrons. The highest BCUT2D eigenvalue weighted by atomic mass is 35.5. The van der Waals surface area contributed by atoms with E-state index < -0.39 is 0 Å². The van der Waals surface area contributed by atoms with Gasteiger partial charge in [-0.05, 0) is 19.0 Å². The topological polar surface area (TPSA) is 47.1 Å². The molecule has 16 heavy (non-hydrogen) atoms. The zero-order chi connectivity index (χ0) is 11.5. The van der Waals surface area contributed by atoms with Crippen molar-refractivity contribution in [3.8, 4) is 0 Å². The van der Waals surface area contributed by atoms with Gasteiger partial charge in [-0.1, -0.05) is 13.8 Å². The Balaban J connectivity index is 0.00000225. The number of imidazole rings is 1. The minimum Gasteiger partial charge on any atom is -0.337 e. The summed E-state index contributed by atoms with van der Waals surface area (Å²) in [6.45, 7) is 7.00. The van der Waals surface area contributed by atoms with Gasteiger partial charge in [0.05, 0.1) is 12.0 Å². The van der Waals surface area contributed by atoms with Crippen LogP contribution in [0.15, 0.2) is 12.5 Å². The lowest BCUT2D eigenvalue weighted by Crippen LogP contribution is -2.36. The van der Waals surface area contributed by atoms with E-state index in [2.05, 4.69) is 30.8 Å². The third-order valence-electron chi connectivity index (χ3n) is 2.60. The van der Waals surface area contributed by atoms with E-state index in [0.717, 1.165) is 13.1 Å². The Hall–Kier alpha value is -0.580. The Morgan fingerprint density at radius 1 is 1.50 bits per heavy atom. The SMILES string of the molecule is CN(Cc1cncn1C)CC(C)(C)CN.Cl. The fourth-order valence-electron chi connectivity index (χ4n) is 1.66. The lowest BCUT2D eigenvalue weighted by molar-refractivity contribution is 0.207. The van der Waals surface area contributed by atoms with Crippen LogP contribution in [0, 0.1) is 5.41 Å². The van der Waals surface area contributed by atoms with Crippen LogP contribution in [0.1, 0.15) is 19.5 Å². The first-order chi connectivity index (χ1) is 6.94. The van der Waals surface area contributed by atoms with Crippen molar-refractivity contribution in [3.05, 3.63) is 18.2 Å². The second-order valence-corrected chi connectivity index (χ2v) is 5.04. The average Bonchev–Trinajstić information content (AvgIpc) is 2.51. The van der Waals surface area contributed by atoms with Crippen LogP contribution >= 0.6 is 12.4 Å². The van der Waals surface area contributed by atoms with E-state index in [0.29, 0.717) is 6.54 Å².